The maximum Gasteiger partial charge on any atom is 0.340 e. The van der Waals surface area contributed by atoms with Gasteiger partial charge in [0, 0.05) is 12.3 Å². The van der Waals surface area contributed by atoms with Crippen LogP contribution < -0.4 is 5.32 Å². The van der Waals surface area contributed by atoms with Gasteiger partial charge in [-0.2, -0.15) is 0 Å². The fourth-order valence-corrected chi connectivity index (χ4v) is 3.14. The summed E-state index contributed by atoms with van der Waals surface area (Å²) in [6.45, 7) is 3.40. The summed E-state index contributed by atoms with van der Waals surface area (Å²) in [4.78, 5) is 24.8. The summed E-state index contributed by atoms with van der Waals surface area (Å²) in [6.07, 6.45) is -1.02. The predicted octanol–water partition coefficient (Wildman–Crippen LogP) is 2.81. The Balaban J connectivity index is 1.97. The van der Waals surface area contributed by atoms with Gasteiger partial charge in [-0.3, -0.25) is 9.00 Å². The van der Waals surface area contributed by atoms with Crippen LogP contribution in [0, 0.1) is 5.82 Å². The zero-order valence-electron chi connectivity index (χ0n) is 14.5. The van der Waals surface area contributed by atoms with Crippen molar-refractivity contribution in [3.8, 4) is 0 Å². The highest BCUT2D eigenvalue weighted by Crippen LogP contribution is 2.16. The first-order valence-corrected chi connectivity index (χ1v) is 9.44. The smallest absolute Gasteiger partial charge is 0.340 e. The Morgan fingerprint density at radius 2 is 1.81 bits per heavy atom. The van der Waals surface area contributed by atoms with E-state index in [0.717, 1.165) is 5.56 Å². The lowest BCUT2D eigenvalue weighted by Gasteiger charge is -2.15. The quantitative estimate of drug-likeness (QED) is 0.753. The number of benzene rings is 2. The Bertz CT molecular complexity index is 807. The molecular formula is C19H20FNO4S. The largest absolute Gasteiger partial charge is 0.449 e. The molecular weight excluding hydrogens is 357 g/mol. The molecule has 0 bridgehead atoms. The molecule has 0 heterocycles. The molecule has 0 unspecified atom stereocenters. The normalized spacial score (nSPS) is 12.9. The van der Waals surface area contributed by atoms with E-state index in [4.69, 9.17) is 4.74 Å². The van der Waals surface area contributed by atoms with Gasteiger partial charge < -0.3 is 10.1 Å². The van der Waals surface area contributed by atoms with Crippen molar-refractivity contribution in [2.24, 2.45) is 0 Å². The second kappa shape index (κ2) is 9.24. The minimum absolute atomic E-state index is 0.186. The van der Waals surface area contributed by atoms with Crippen molar-refractivity contribution in [3.63, 3.8) is 0 Å². The van der Waals surface area contributed by atoms with Crippen molar-refractivity contribution in [2.75, 3.05) is 5.75 Å². The Hall–Kier alpha value is -2.54. The lowest BCUT2D eigenvalue weighted by atomic mass is 10.2. The number of rotatable bonds is 7. The van der Waals surface area contributed by atoms with Crippen molar-refractivity contribution in [1.29, 1.82) is 0 Å². The number of carbonyl (C=O) groups is 2. The van der Waals surface area contributed by atoms with E-state index in [0.29, 0.717) is 10.6 Å². The summed E-state index contributed by atoms with van der Waals surface area (Å²) in [5, 5.41) is 2.62. The van der Waals surface area contributed by atoms with E-state index in [-0.39, 0.29) is 17.9 Å². The van der Waals surface area contributed by atoms with Crippen LogP contribution in [-0.2, 0) is 26.9 Å². The summed E-state index contributed by atoms with van der Waals surface area (Å²) in [7, 11) is -1.31. The molecule has 2 aromatic carbocycles. The minimum Gasteiger partial charge on any atom is -0.449 e. The lowest BCUT2D eigenvalue weighted by molar-refractivity contribution is -0.129. The van der Waals surface area contributed by atoms with Crippen molar-refractivity contribution in [1.82, 2.24) is 5.32 Å². The molecule has 1 N–H and O–H groups in total. The second-order valence-corrected chi connectivity index (χ2v) is 7.23. The Kier molecular flexibility index (Phi) is 7.03. The van der Waals surface area contributed by atoms with Crippen molar-refractivity contribution < 1.29 is 22.9 Å². The standard InChI is InChI=1S/C19H20FNO4S/c1-3-26(24)17-7-5-4-6-16(17)19(23)25-13(2)18(22)21-12-14-8-10-15(20)11-9-14/h4-11,13H,3,12H2,1-2H3,(H,21,22)/t13-,26-/m1/s1. The SMILES string of the molecule is CC[S@@](=O)c1ccccc1C(=O)O[C@H](C)C(=O)NCc1ccc(F)cc1. The molecule has 2 rings (SSSR count). The molecule has 0 radical (unpaired) electrons. The summed E-state index contributed by atoms with van der Waals surface area (Å²) < 4.78 is 30.1. The van der Waals surface area contributed by atoms with Crippen LogP contribution in [0.4, 0.5) is 4.39 Å². The lowest BCUT2D eigenvalue weighted by Crippen LogP contribution is -2.35. The molecule has 0 spiro atoms. The molecule has 26 heavy (non-hydrogen) atoms. The van der Waals surface area contributed by atoms with Crippen LogP contribution in [0.25, 0.3) is 0 Å². The van der Waals surface area contributed by atoms with Crippen LogP contribution in [0.15, 0.2) is 53.4 Å². The third-order valence-corrected chi connectivity index (χ3v) is 5.02. The van der Waals surface area contributed by atoms with Gasteiger partial charge in [-0.1, -0.05) is 31.2 Å². The zero-order valence-corrected chi connectivity index (χ0v) is 15.3. The molecule has 0 fully saturated rings. The van der Waals surface area contributed by atoms with Gasteiger partial charge >= 0.3 is 5.97 Å². The van der Waals surface area contributed by atoms with E-state index in [2.05, 4.69) is 5.32 Å². The van der Waals surface area contributed by atoms with E-state index in [1.54, 1.807) is 37.3 Å². The number of hydrogen-bond acceptors (Lipinski definition) is 4. The van der Waals surface area contributed by atoms with Gasteiger partial charge in [0.25, 0.3) is 5.91 Å². The third-order valence-electron chi connectivity index (χ3n) is 3.65. The van der Waals surface area contributed by atoms with Gasteiger partial charge in [0.1, 0.15) is 5.82 Å². The maximum absolute atomic E-state index is 12.9. The van der Waals surface area contributed by atoms with Gasteiger partial charge in [-0.25, -0.2) is 9.18 Å². The van der Waals surface area contributed by atoms with Gasteiger partial charge in [0.15, 0.2) is 6.10 Å². The van der Waals surface area contributed by atoms with Crippen molar-refractivity contribution in [3.05, 3.63) is 65.5 Å². The summed E-state index contributed by atoms with van der Waals surface area (Å²) >= 11 is 0. The first-order valence-electron chi connectivity index (χ1n) is 8.13. The highest BCUT2D eigenvalue weighted by molar-refractivity contribution is 7.85. The zero-order chi connectivity index (χ0) is 19.1. The summed E-state index contributed by atoms with van der Waals surface area (Å²) in [5.41, 5.74) is 0.910. The van der Waals surface area contributed by atoms with Gasteiger partial charge in [0.2, 0.25) is 0 Å². The number of hydrogen-bond donors (Lipinski definition) is 1. The molecule has 0 saturated heterocycles. The molecule has 7 heteroatoms. The Morgan fingerprint density at radius 1 is 1.15 bits per heavy atom. The minimum atomic E-state index is -1.31. The average molecular weight is 377 g/mol. The molecule has 0 aliphatic carbocycles. The third kappa shape index (κ3) is 5.23. The van der Waals surface area contributed by atoms with Gasteiger partial charge in [-0.15, -0.1) is 0 Å². The first-order chi connectivity index (χ1) is 12.4. The number of carbonyl (C=O) groups excluding carboxylic acids is 2. The van der Waals surface area contributed by atoms with E-state index in [1.807, 2.05) is 0 Å². The second-order valence-electron chi connectivity index (χ2n) is 5.52. The predicted molar refractivity (Wildman–Crippen MR) is 96.5 cm³/mol. The molecule has 0 aliphatic heterocycles. The Labute approximate surface area is 154 Å². The molecule has 138 valence electrons. The van der Waals surface area contributed by atoms with Crippen LogP contribution in [0.3, 0.4) is 0 Å². The van der Waals surface area contributed by atoms with E-state index in [1.165, 1.54) is 25.1 Å². The molecule has 0 saturated carbocycles. The summed E-state index contributed by atoms with van der Waals surface area (Å²) in [6, 6.07) is 12.2. The summed E-state index contributed by atoms with van der Waals surface area (Å²) in [5.74, 6) is -1.16. The highest BCUT2D eigenvalue weighted by Gasteiger charge is 2.21. The number of esters is 1. The topological polar surface area (TPSA) is 72.5 Å². The van der Waals surface area contributed by atoms with Crippen LogP contribution in [0.5, 0.6) is 0 Å². The van der Waals surface area contributed by atoms with Gasteiger partial charge in [-0.05, 0) is 36.8 Å². The highest BCUT2D eigenvalue weighted by atomic mass is 32.2. The average Bonchev–Trinajstić information content (AvgIpc) is 2.66. The van der Waals surface area contributed by atoms with Crippen LogP contribution in [0.2, 0.25) is 0 Å². The molecule has 0 aliphatic rings. The molecule has 1 amide bonds. The van der Waals surface area contributed by atoms with Gasteiger partial charge in [0.05, 0.1) is 21.3 Å². The Morgan fingerprint density at radius 3 is 2.46 bits per heavy atom. The molecule has 0 aromatic heterocycles. The number of nitrogens with one attached hydrogen (secondary N) is 1. The van der Waals surface area contributed by atoms with Crippen molar-refractivity contribution in [2.45, 2.75) is 31.4 Å². The van der Waals surface area contributed by atoms with E-state index in [9.17, 15) is 18.2 Å². The number of halogens is 1. The van der Waals surface area contributed by atoms with Crippen molar-refractivity contribution >= 4 is 22.7 Å². The van der Waals surface area contributed by atoms with E-state index >= 15 is 0 Å². The number of ether oxygens (including phenoxy) is 1. The molecule has 2 atom stereocenters. The number of amides is 1. The van der Waals surface area contributed by atoms with Crippen LogP contribution in [-0.4, -0.2) is 27.9 Å². The molecule has 5 nitrogen and oxygen atoms in total. The van der Waals surface area contributed by atoms with Crippen LogP contribution >= 0.6 is 0 Å². The van der Waals surface area contributed by atoms with Crippen LogP contribution in [0.1, 0.15) is 29.8 Å². The molecule has 2 aromatic rings. The monoisotopic (exact) mass is 377 g/mol. The van der Waals surface area contributed by atoms with E-state index < -0.39 is 28.8 Å². The maximum atomic E-state index is 12.9. The fraction of sp³-hybridized carbons (Fsp3) is 0.263. The first kappa shape index (κ1) is 19.8. The fourth-order valence-electron chi connectivity index (χ4n) is 2.20.